The topological polar surface area (TPSA) is 32.9 Å². The van der Waals surface area contributed by atoms with Crippen molar-refractivity contribution < 1.29 is 4.79 Å². The molecule has 102 valence electrons. The van der Waals surface area contributed by atoms with Crippen LogP contribution >= 0.6 is 11.6 Å². The fourth-order valence-corrected chi connectivity index (χ4v) is 2.89. The summed E-state index contributed by atoms with van der Waals surface area (Å²) in [4.78, 5) is 14.5. The third kappa shape index (κ3) is 2.56. The summed E-state index contributed by atoms with van der Waals surface area (Å²) < 4.78 is 0. The van der Waals surface area contributed by atoms with Gasteiger partial charge >= 0.3 is 0 Å². The minimum atomic E-state index is 0.0790. The molecule has 3 rings (SSSR count). The molecular weight excluding hydrogens is 270 g/mol. The molecule has 1 aliphatic carbocycles. The van der Waals surface area contributed by atoms with Crippen LogP contribution in [-0.4, -0.2) is 11.3 Å². The first kappa shape index (κ1) is 13.2. The van der Waals surface area contributed by atoms with E-state index in [4.69, 9.17) is 11.6 Å². The maximum absolute atomic E-state index is 11.0. The van der Waals surface area contributed by atoms with Crippen molar-refractivity contribution in [2.75, 3.05) is 0 Å². The van der Waals surface area contributed by atoms with E-state index in [1.54, 1.807) is 0 Å². The predicted molar refractivity (Wildman–Crippen MR) is 81.3 cm³/mol. The highest BCUT2D eigenvalue weighted by molar-refractivity contribution is 6.30. The molecule has 0 bridgehead atoms. The van der Waals surface area contributed by atoms with Gasteiger partial charge in [-0.25, -0.2) is 0 Å². The van der Waals surface area contributed by atoms with Crippen molar-refractivity contribution in [3.05, 3.63) is 70.0 Å². The first-order valence-corrected chi connectivity index (χ1v) is 7.20. The van der Waals surface area contributed by atoms with Gasteiger partial charge in [-0.2, -0.15) is 0 Å². The van der Waals surface area contributed by atoms with Crippen LogP contribution in [0.25, 0.3) is 0 Å². The molecule has 2 nitrogen and oxygen atoms in total. The summed E-state index contributed by atoms with van der Waals surface area (Å²) in [6.45, 7) is 0. The summed E-state index contributed by atoms with van der Waals surface area (Å²) >= 11 is 5.94. The van der Waals surface area contributed by atoms with Gasteiger partial charge in [0.05, 0.1) is 0 Å². The predicted octanol–water partition coefficient (Wildman–Crippen LogP) is 4.04. The van der Waals surface area contributed by atoms with Gasteiger partial charge in [-0.05, 0) is 35.7 Å². The van der Waals surface area contributed by atoms with Crippen molar-refractivity contribution in [1.82, 2.24) is 4.98 Å². The van der Waals surface area contributed by atoms with E-state index in [-0.39, 0.29) is 5.92 Å². The summed E-state index contributed by atoms with van der Waals surface area (Å²) in [5.41, 5.74) is 4.85. The van der Waals surface area contributed by atoms with Crippen LogP contribution in [0.4, 0.5) is 0 Å². The Kier molecular flexibility index (Phi) is 3.75. The van der Waals surface area contributed by atoms with Crippen molar-refractivity contribution in [1.29, 1.82) is 0 Å². The van der Waals surface area contributed by atoms with E-state index in [1.165, 1.54) is 11.3 Å². The molecule has 2 aromatic rings. The quantitative estimate of drug-likeness (QED) is 0.667. The van der Waals surface area contributed by atoms with E-state index < -0.39 is 0 Å². The number of allylic oxidation sites excluding steroid dienone is 2. The van der Waals surface area contributed by atoms with Gasteiger partial charge < -0.3 is 9.78 Å². The number of rotatable bonds is 4. The van der Waals surface area contributed by atoms with Gasteiger partial charge in [-0.15, -0.1) is 0 Å². The fraction of sp³-hybridized carbons (Fsp3) is 0.235. The summed E-state index contributed by atoms with van der Waals surface area (Å²) in [7, 11) is 0. The first-order valence-electron chi connectivity index (χ1n) is 6.82. The molecular formula is C17H16ClNO. The average molecular weight is 286 g/mol. The normalized spacial score (nSPS) is 14.8. The van der Waals surface area contributed by atoms with Gasteiger partial charge in [0.2, 0.25) is 0 Å². The lowest BCUT2D eigenvalue weighted by Gasteiger charge is -2.13. The van der Waals surface area contributed by atoms with Crippen LogP contribution in [-0.2, 0) is 17.6 Å². The van der Waals surface area contributed by atoms with E-state index in [0.29, 0.717) is 11.4 Å². The Balaban J connectivity index is 1.96. The van der Waals surface area contributed by atoms with Crippen molar-refractivity contribution in [2.24, 2.45) is 0 Å². The van der Waals surface area contributed by atoms with Crippen LogP contribution in [0.5, 0.6) is 0 Å². The lowest BCUT2D eigenvalue weighted by Crippen LogP contribution is -2.02. The van der Waals surface area contributed by atoms with E-state index >= 15 is 0 Å². The monoisotopic (exact) mass is 285 g/mol. The maximum Gasteiger partial charge on any atom is 0.120 e. The molecule has 0 spiro atoms. The highest BCUT2D eigenvalue weighted by atomic mass is 35.5. The average Bonchev–Trinajstić information content (AvgIpc) is 2.89. The van der Waals surface area contributed by atoms with Gasteiger partial charge in [0.1, 0.15) is 6.29 Å². The lowest BCUT2D eigenvalue weighted by atomic mass is 9.92. The molecule has 0 aliphatic heterocycles. The molecule has 0 amide bonds. The van der Waals surface area contributed by atoms with Crippen LogP contribution in [0.1, 0.15) is 34.9 Å². The zero-order chi connectivity index (χ0) is 13.9. The molecule has 1 aromatic carbocycles. The van der Waals surface area contributed by atoms with Crippen molar-refractivity contribution in [3.8, 4) is 0 Å². The summed E-state index contributed by atoms with van der Waals surface area (Å²) in [5.74, 6) is 0.0790. The third-order valence-electron chi connectivity index (χ3n) is 3.82. The number of hydrogen-bond acceptors (Lipinski definition) is 1. The lowest BCUT2D eigenvalue weighted by molar-refractivity contribution is -0.108. The largest absolute Gasteiger partial charge is 0.361 e. The van der Waals surface area contributed by atoms with E-state index in [2.05, 4.69) is 23.2 Å². The number of aromatic nitrogens is 1. The second-order valence-electron chi connectivity index (χ2n) is 5.11. The maximum atomic E-state index is 11.0. The number of aldehydes is 1. The van der Waals surface area contributed by atoms with Gasteiger partial charge in [-0.1, -0.05) is 35.9 Å². The summed E-state index contributed by atoms with van der Waals surface area (Å²) in [6, 6.07) is 9.93. The van der Waals surface area contributed by atoms with E-state index in [1.807, 2.05) is 24.3 Å². The number of nitrogens with one attached hydrogen (secondary N) is 1. The van der Waals surface area contributed by atoms with Gasteiger partial charge in [0.15, 0.2) is 0 Å². The van der Waals surface area contributed by atoms with E-state index in [0.717, 1.165) is 30.4 Å². The Morgan fingerprint density at radius 2 is 1.95 bits per heavy atom. The van der Waals surface area contributed by atoms with Crippen LogP contribution in [0.3, 0.4) is 0 Å². The van der Waals surface area contributed by atoms with Gasteiger partial charge in [0.25, 0.3) is 0 Å². The van der Waals surface area contributed by atoms with Crippen LogP contribution in [0.2, 0.25) is 5.02 Å². The Labute approximate surface area is 123 Å². The highest BCUT2D eigenvalue weighted by Crippen LogP contribution is 2.30. The second kappa shape index (κ2) is 5.68. The minimum Gasteiger partial charge on any atom is -0.361 e. The molecule has 1 N–H and O–H groups in total. The van der Waals surface area contributed by atoms with Crippen molar-refractivity contribution in [2.45, 2.75) is 25.2 Å². The Hall–Kier alpha value is -1.80. The number of hydrogen-bond donors (Lipinski definition) is 1. The molecule has 0 radical (unpaired) electrons. The zero-order valence-corrected chi connectivity index (χ0v) is 11.9. The number of benzene rings is 1. The third-order valence-corrected chi connectivity index (χ3v) is 4.07. The number of H-pyrrole nitrogens is 1. The second-order valence-corrected chi connectivity index (χ2v) is 5.55. The van der Waals surface area contributed by atoms with Gasteiger partial charge in [0, 0.05) is 35.2 Å². The molecule has 1 aliphatic rings. The van der Waals surface area contributed by atoms with Crippen molar-refractivity contribution in [3.63, 3.8) is 0 Å². The number of halogens is 1. The fourth-order valence-electron chi connectivity index (χ4n) is 2.76. The molecule has 0 saturated carbocycles. The molecule has 1 atom stereocenters. The van der Waals surface area contributed by atoms with E-state index in [9.17, 15) is 4.79 Å². The smallest absolute Gasteiger partial charge is 0.120 e. The number of fused-ring (bicyclic) bond motifs is 1. The molecule has 1 aromatic heterocycles. The van der Waals surface area contributed by atoms with Crippen LogP contribution in [0, 0.1) is 0 Å². The highest BCUT2D eigenvalue weighted by Gasteiger charge is 2.18. The zero-order valence-electron chi connectivity index (χ0n) is 11.1. The standard InChI is InChI=1S/C17H16ClNO/c18-14-7-5-12(6-8-14)15(9-10-20)17-11-13-3-1-2-4-16(13)19-17/h1-2,5-8,10-11,15,19H,3-4,9H2/t15-/m1/s1. The van der Waals surface area contributed by atoms with Crippen LogP contribution < -0.4 is 0 Å². The molecule has 3 heteroatoms. The minimum absolute atomic E-state index is 0.0790. The molecule has 1 heterocycles. The van der Waals surface area contributed by atoms with Crippen LogP contribution in [0.15, 0.2) is 42.5 Å². The molecule has 0 fully saturated rings. The molecule has 20 heavy (non-hydrogen) atoms. The van der Waals surface area contributed by atoms with Gasteiger partial charge in [-0.3, -0.25) is 0 Å². The summed E-state index contributed by atoms with van der Waals surface area (Å²) in [5, 5.41) is 0.716. The SMILES string of the molecule is O=CC[C@H](c1ccc(Cl)cc1)c1cc2c([nH]1)CC=CC2. The number of aromatic amines is 1. The molecule has 0 unspecified atom stereocenters. The Morgan fingerprint density at radius 1 is 1.20 bits per heavy atom. The molecule has 0 saturated heterocycles. The van der Waals surface area contributed by atoms with Crippen molar-refractivity contribution >= 4 is 17.9 Å². The Bertz CT molecular complexity index is 614. The first-order chi connectivity index (χ1) is 9.78. The number of carbonyl (C=O) groups is 1. The summed E-state index contributed by atoms with van der Waals surface area (Å²) in [6.07, 6.45) is 7.76. The Morgan fingerprint density at radius 3 is 2.65 bits per heavy atom. The number of carbonyl (C=O) groups excluding carboxylic acids is 1.